The molecule has 0 aromatic rings. The highest BCUT2D eigenvalue weighted by Gasteiger charge is 2.25. The first kappa shape index (κ1) is 12.5. The van der Waals surface area contributed by atoms with Crippen LogP contribution >= 0.6 is 0 Å². The van der Waals surface area contributed by atoms with E-state index in [1.165, 1.54) is 0 Å². The van der Waals surface area contributed by atoms with Crippen LogP contribution in [0.15, 0.2) is 0 Å². The molecule has 1 heterocycles. The number of aliphatic carboxylic acids is 1. The van der Waals surface area contributed by atoms with E-state index in [4.69, 9.17) is 5.11 Å². The molecule has 0 amide bonds. The molecular formula is C11H21NO3. The topological polar surface area (TPSA) is 60.8 Å². The molecule has 1 rings (SSSR count). The molecule has 0 aromatic heterocycles. The molecule has 0 aliphatic carbocycles. The van der Waals surface area contributed by atoms with Crippen molar-refractivity contribution in [3.8, 4) is 0 Å². The van der Waals surface area contributed by atoms with E-state index in [2.05, 4.69) is 4.90 Å². The number of carboxylic acids is 1. The summed E-state index contributed by atoms with van der Waals surface area (Å²) in [5.41, 5.74) is -0.689. The first-order valence-electron chi connectivity index (χ1n) is 5.53. The minimum atomic E-state index is -0.717. The maximum absolute atomic E-state index is 10.6. The van der Waals surface area contributed by atoms with Gasteiger partial charge >= 0.3 is 5.97 Å². The van der Waals surface area contributed by atoms with Crippen LogP contribution in [-0.2, 0) is 4.79 Å². The van der Waals surface area contributed by atoms with Crippen LogP contribution < -0.4 is 0 Å². The summed E-state index contributed by atoms with van der Waals surface area (Å²) >= 11 is 0. The smallest absolute Gasteiger partial charge is 0.303 e. The number of hydrogen-bond donors (Lipinski definition) is 2. The van der Waals surface area contributed by atoms with Gasteiger partial charge in [0.25, 0.3) is 0 Å². The number of rotatable bonds is 4. The summed E-state index contributed by atoms with van der Waals surface area (Å²) in [6.07, 6.45) is 2.28. The Kier molecular flexibility index (Phi) is 4.11. The highest BCUT2D eigenvalue weighted by Crippen LogP contribution is 2.20. The lowest BCUT2D eigenvalue weighted by atomic mass is 9.94. The van der Waals surface area contributed by atoms with Gasteiger partial charge in [-0.1, -0.05) is 0 Å². The molecule has 1 aliphatic rings. The molecule has 4 nitrogen and oxygen atoms in total. The van der Waals surface area contributed by atoms with Crippen molar-refractivity contribution in [1.82, 2.24) is 4.90 Å². The van der Waals surface area contributed by atoms with Crippen LogP contribution in [0, 0.1) is 5.92 Å². The average molecular weight is 215 g/mol. The minimum absolute atomic E-state index is 0.249. The predicted octanol–water partition coefficient (Wildman–Crippen LogP) is 0.944. The third-order valence-corrected chi connectivity index (χ3v) is 2.68. The van der Waals surface area contributed by atoms with Crippen molar-refractivity contribution in [2.45, 2.75) is 38.7 Å². The summed E-state index contributed by atoms with van der Waals surface area (Å²) in [6.45, 7) is 5.97. The van der Waals surface area contributed by atoms with Gasteiger partial charge in [0.05, 0.1) is 5.60 Å². The standard InChI is InChI=1S/C11H21NO3/c1-11(2,15)8-12-5-3-4-9(7-12)6-10(13)14/h9,15H,3-8H2,1-2H3,(H,13,14). The van der Waals surface area contributed by atoms with Crippen LogP contribution in [0.3, 0.4) is 0 Å². The van der Waals surface area contributed by atoms with Gasteiger partial charge < -0.3 is 15.1 Å². The number of carbonyl (C=O) groups is 1. The Hall–Kier alpha value is -0.610. The van der Waals surface area contributed by atoms with E-state index < -0.39 is 11.6 Å². The molecule has 1 atom stereocenters. The lowest BCUT2D eigenvalue weighted by molar-refractivity contribution is -0.138. The molecule has 2 N–H and O–H groups in total. The number of β-amino-alcohol motifs (C(OH)–C–C–N with tert-alkyl or cyclic N) is 1. The Bertz CT molecular complexity index is 222. The maximum Gasteiger partial charge on any atom is 0.303 e. The number of aliphatic hydroxyl groups is 1. The molecule has 4 heteroatoms. The molecule has 1 fully saturated rings. The van der Waals surface area contributed by atoms with Gasteiger partial charge in [-0.15, -0.1) is 0 Å². The molecule has 15 heavy (non-hydrogen) atoms. The molecule has 0 radical (unpaired) electrons. The van der Waals surface area contributed by atoms with E-state index in [9.17, 15) is 9.90 Å². The van der Waals surface area contributed by atoms with Crippen molar-refractivity contribution in [3.05, 3.63) is 0 Å². The second-order valence-corrected chi connectivity index (χ2v) is 5.15. The average Bonchev–Trinajstić information content (AvgIpc) is 1.99. The van der Waals surface area contributed by atoms with Crippen LogP contribution in [0.4, 0.5) is 0 Å². The number of hydrogen-bond acceptors (Lipinski definition) is 3. The Morgan fingerprint density at radius 2 is 2.20 bits per heavy atom. The zero-order valence-corrected chi connectivity index (χ0v) is 9.57. The number of likely N-dealkylation sites (tertiary alicyclic amines) is 1. The van der Waals surface area contributed by atoms with E-state index in [1.807, 2.05) is 0 Å². The lowest BCUT2D eigenvalue weighted by Crippen LogP contribution is -2.44. The molecule has 0 spiro atoms. The van der Waals surface area contributed by atoms with Gasteiger partial charge in [0.1, 0.15) is 0 Å². The van der Waals surface area contributed by atoms with Crippen molar-refractivity contribution < 1.29 is 15.0 Å². The van der Waals surface area contributed by atoms with Gasteiger partial charge in [-0.05, 0) is 39.2 Å². The van der Waals surface area contributed by atoms with Crippen molar-refractivity contribution in [1.29, 1.82) is 0 Å². The first-order valence-corrected chi connectivity index (χ1v) is 5.53. The fraction of sp³-hybridized carbons (Fsp3) is 0.909. The molecule has 1 aliphatic heterocycles. The van der Waals surface area contributed by atoms with Crippen LogP contribution in [0.1, 0.15) is 33.1 Å². The molecule has 1 saturated heterocycles. The van der Waals surface area contributed by atoms with Crippen LogP contribution in [0.2, 0.25) is 0 Å². The summed E-state index contributed by atoms with van der Waals surface area (Å²) in [5, 5.41) is 18.4. The minimum Gasteiger partial charge on any atom is -0.481 e. The highest BCUT2D eigenvalue weighted by atomic mass is 16.4. The Balaban J connectivity index is 2.38. The maximum atomic E-state index is 10.6. The zero-order chi connectivity index (χ0) is 11.5. The van der Waals surface area contributed by atoms with Crippen LogP contribution in [0.5, 0.6) is 0 Å². The van der Waals surface area contributed by atoms with Crippen LogP contribution in [-0.4, -0.2) is 46.3 Å². The quantitative estimate of drug-likeness (QED) is 0.733. The Labute approximate surface area is 90.9 Å². The Morgan fingerprint density at radius 1 is 1.53 bits per heavy atom. The van der Waals surface area contributed by atoms with E-state index in [0.717, 1.165) is 25.9 Å². The van der Waals surface area contributed by atoms with Gasteiger partial charge in [0.2, 0.25) is 0 Å². The van der Waals surface area contributed by atoms with Gasteiger partial charge in [-0.3, -0.25) is 4.79 Å². The van der Waals surface area contributed by atoms with Crippen molar-refractivity contribution >= 4 is 5.97 Å². The number of carboxylic acid groups (broad SMARTS) is 1. The van der Waals surface area contributed by atoms with Gasteiger partial charge in [-0.2, -0.15) is 0 Å². The molecule has 0 bridgehead atoms. The van der Waals surface area contributed by atoms with Gasteiger partial charge in [0, 0.05) is 19.5 Å². The van der Waals surface area contributed by atoms with E-state index in [0.29, 0.717) is 6.54 Å². The third-order valence-electron chi connectivity index (χ3n) is 2.68. The normalized spacial score (nSPS) is 24.1. The molecule has 1 unspecified atom stereocenters. The molecule has 0 saturated carbocycles. The van der Waals surface area contributed by atoms with Crippen molar-refractivity contribution in [2.75, 3.05) is 19.6 Å². The van der Waals surface area contributed by atoms with Crippen molar-refractivity contribution in [2.24, 2.45) is 5.92 Å². The predicted molar refractivity (Wildman–Crippen MR) is 57.7 cm³/mol. The zero-order valence-electron chi connectivity index (χ0n) is 9.57. The fourth-order valence-electron chi connectivity index (χ4n) is 2.26. The van der Waals surface area contributed by atoms with E-state index in [-0.39, 0.29) is 12.3 Å². The van der Waals surface area contributed by atoms with Crippen molar-refractivity contribution in [3.63, 3.8) is 0 Å². The monoisotopic (exact) mass is 215 g/mol. The SMILES string of the molecule is CC(C)(O)CN1CCCC(CC(=O)O)C1. The summed E-state index contributed by atoms with van der Waals surface area (Å²) < 4.78 is 0. The second-order valence-electron chi connectivity index (χ2n) is 5.15. The van der Waals surface area contributed by atoms with Crippen LogP contribution in [0.25, 0.3) is 0 Å². The summed E-state index contributed by atoms with van der Waals surface area (Å²) in [4.78, 5) is 12.8. The number of nitrogens with zero attached hydrogens (tertiary/aromatic N) is 1. The fourth-order valence-corrected chi connectivity index (χ4v) is 2.26. The summed E-state index contributed by atoms with van der Waals surface area (Å²) in [5.74, 6) is -0.469. The molecular weight excluding hydrogens is 194 g/mol. The number of piperidine rings is 1. The largest absolute Gasteiger partial charge is 0.481 e. The molecule has 88 valence electrons. The summed E-state index contributed by atoms with van der Waals surface area (Å²) in [7, 11) is 0. The third kappa shape index (κ3) is 5.14. The van der Waals surface area contributed by atoms with Gasteiger partial charge in [0.15, 0.2) is 0 Å². The molecule has 0 aromatic carbocycles. The Morgan fingerprint density at radius 3 is 2.73 bits per heavy atom. The van der Waals surface area contributed by atoms with E-state index >= 15 is 0 Å². The van der Waals surface area contributed by atoms with E-state index in [1.54, 1.807) is 13.8 Å². The summed E-state index contributed by atoms with van der Waals surface area (Å²) in [6, 6.07) is 0. The van der Waals surface area contributed by atoms with Gasteiger partial charge in [-0.25, -0.2) is 0 Å². The second kappa shape index (κ2) is 4.94. The highest BCUT2D eigenvalue weighted by molar-refractivity contribution is 5.67. The first-order chi connectivity index (χ1) is 6.87. The lowest BCUT2D eigenvalue weighted by Gasteiger charge is -2.35.